The first kappa shape index (κ1) is 19.6. The molecule has 0 unspecified atom stereocenters. The Morgan fingerprint density at radius 3 is 2.57 bits per heavy atom. The first-order chi connectivity index (χ1) is 13.3. The fourth-order valence-corrected chi connectivity index (χ4v) is 3.08. The Kier molecular flexibility index (Phi) is 5.79. The highest BCUT2D eigenvalue weighted by Gasteiger charge is 2.16. The lowest BCUT2D eigenvalue weighted by Crippen LogP contribution is -2.32. The molecule has 0 saturated heterocycles. The molecule has 2 aromatic heterocycles. The molecule has 0 atom stereocenters. The Hall–Kier alpha value is -3.13. The van der Waals surface area contributed by atoms with E-state index in [1.54, 1.807) is 24.3 Å². The number of rotatable bonds is 5. The van der Waals surface area contributed by atoms with Crippen LogP contribution in [0.4, 0.5) is 9.93 Å². The largest absolute Gasteiger partial charge is 0.444 e. The van der Waals surface area contributed by atoms with Gasteiger partial charge in [-0.05, 0) is 50.6 Å². The molecule has 3 rings (SSSR count). The predicted octanol–water partition coefficient (Wildman–Crippen LogP) is 4.42. The van der Waals surface area contributed by atoms with Gasteiger partial charge in [0, 0.05) is 23.7 Å². The Balaban J connectivity index is 1.54. The minimum atomic E-state index is -0.539. The molecular formula is C20H22N4O3S. The molecule has 3 N–H and O–H groups in total. The lowest BCUT2D eigenvalue weighted by molar-refractivity contribution is 0.0523. The summed E-state index contributed by atoms with van der Waals surface area (Å²) >= 11 is 1.37. The van der Waals surface area contributed by atoms with Gasteiger partial charge in [-0.3, -0.25) is 10.1 Å². The second kappa shape index (κ2) is 8.26. The first-order valence-corrected chi connectivity index (χ1v) is 9.64. The van der Waals surface area contributed by atoms with Crippen LogP contribution in [-0.2, 0) is 11.3 Å². The summed E-state index contributed by atoms with van der Waals surface area (Å²) in [5.74, 6) is -0.237. The van der Waals surface area contributed by atoms with E-state index < -0.39 is 11.7 Å². The van der Waals surface area contributed by atoms with Gasteiger partial charge >= 0.3 is 6.09 Å². The summed E-state index contributed by atoms with van der Waals surface area (Å²) in [6.07, 6.45) is 1.35. The normalized spacial score (nSPS) is 11.1. The highest BCUT2D eigenvalue weighted by atomic mass is 32.1. The monoisotopic (exact) mass is 398 g/mol. The predicted molar refractivity (Wildman–Crippen MR) is 109 cm³/mol. The number of alkyl carbamates (subject to hydrolysis) is 1. The van der Waals surface area contributed by atoms with Gasteiger partial charge in [-0.1, -0.05) is 12.1 Å². The van der Waals surface area contributed by atoms with Crippen molar-refractivity contribution in [3.8, 4) is 11.4 Å². The second-order valence-electron chi connectivity index (χ2n) is 7.13. The zero-order valence-corrected chi connectivity index (χ0v) is 16.7. The highest BCUT2D eigenvalue weighted by Crippen LogP contribution is 2.23. The molecule has 0 fully saturated rings. The Labute approximate surface area is 167 Å². The molecule has 0 radical (unpaired) electrons. The third-order valence-electron chi connectivity index (χ3n) is 3.65. The minimum absolute atomic E-state index is 0.237. The van der Waals surface area contributed by atoms with Gasteiger partial charge in [0.25, 0.3) is 5.91 Å². The summed E-state index contributed by atoms with van der Waals surface area (Å²) < 4.78 is 5.19. The topological polar surface area (TPSA) is 96.1 Å². The number of aromatic amines is 1. The van der Waals surface area contributed by atoms with Gasteiger partial charge < -0.3 is 15.0 Å². The van der Waals surface area contributed by atoms with Gasteiger partial charge in [0.2, 0.25) is 0 Å². The average Bonchev–Trinajstić information content (AvgIpc) is 3.30. The number of carbonyl (C=O) groups is 2. The van der Waals surface area contributed by atoms with Gasteiger partial charge in [0.1, 0.15) is 5.60 Å². The molecule has 0 aliphatic rings. The van der Waals surface area contributed by atoms with Crippen molar-refractivity contribution in [3.63, 3.8) is 0 Å². The number of nitrogens with zero attached hydrogens (tertiary/aromatic N) is 1. The number of amides is 2. The number of H-pyrrole nitrogens is 1. The van der Waals surface area contributed by atoms with E-state index in [1.165, 1.54) is 11.3 Å². The summed E-state index contributed by atoms with van der Waals surface area (Å²) in [5.41, 5.74) is 2.53. The van der Waals surface area contributed by atoms with Crippen LogP contribution in [-0.4, -0.2) is 27.6 Å². The molecule has 146 valence electrons. The third kappa shape index (κ3) is 5.43. The van der Waals surface area contributed by atoms with Crippen molar-refractivity contribution in [2.24, 2.45) is 0 Å². The van der Waals surface area contributed by atoms with E-state index in [0.29, 0.717) is 17.2 Å². The molecule has 28 heavy (non-hydrogen) atoms. The number of anilines is 1. The van der Waals surface area contributed by atoms with Crippen molar-refractivity contribution < 1.29 is 14.3 Å². The van der Waals surface area contributed by atoms with Crippen LogP contribution in [0.15, 0.2) is 48.0 Å². The molecule has 7 nitrogen and oxygen atoms in total. The quantitative estimate of drug-likeness (QED) is 0.593. The van der Waals surface area contributed by atoms with Crippen LogP contribution in [0.2, 0.25) is 0 Å². The number of thiazole rings is 1. The first-order valence-electron chi connectivity index (χ1n) is 8.76. The number of aromatic nitrogens is 2. The fraction of sp³-hybridized carbons (Fsp3) is 0.250. The van der Waals surface area contributed by atoms with Crippen LogP contribution < -0.4 is 10.6 Å². The number of ether oxygens (including phenoxy) is 1. The van der Waals surface area contributed by atoms with Gasteiger partial charge in [-0.2, -0.15) is 0 Å². The Morgan fingerprint density at radius 1 is 1.18 bits per heavy atom. The van der Waals surface area contributed by atoms with Crippen LogP contribution in [0.1, 0.15) is 36.7 Å². The van der Waals surface area contributed by atoms with E-state index in [0.717, 1.165) is 17.0 Å². The van der Waals surface area contributed by atoms with Gasteiger partial charge in [0.15, 0.2) is 5.13 Å². The van der Waals surface area contributed by atoms with Crippen molar-refractivity contribution in [3.05, 3.63) is 59.1 Å². The van der Waals surface area contributed by atoms with Crippen LogP contribution >= 0.6 is 11.3 Å². The maximum absolute atomic E-state index is 12.4. The molecule has 2 heterocycles. The second-order valence-corrected chi connectivity index (χ2v) is 7.99. The number of nitrogens with one attached hydrogen (secondary N) is 3. The lowest BCUT2D eigenvalue weighted by Gasteiger charge is -2.19. The van der Waals surface area contributed by atoms with E-state index in [-0.39, 0.29) is 5.91 Å². The minimum Gasteiger partial charge on any atom is -0.444 e. The van der Waals surface area contributed by atoms with Crippen LogP contribution in [0.25, 0.3) is 11.4 Å². The summed E-state index contributed by atoms with van der Waals surface area (Å²) in [4.78, 5) is 31.6. The molecular weight excluding hydrogens is 376 g/mol. The van der Waals surface area contributed by atoms with Gasteiger partial charge in [-0.25, -0.2) is 9.78 Å². The zero-order chi connectivity index (χ0) is 20.1. The van der Waals surface area contributed by atoms with E-state index in [4.69, 9.17) is 4.74 Å². The van der Waals surface area contributed by atoms with Crippen molar-refractivity contribution >= 4 is 28.5 Å². The number of benzene rings is 1. The maximum Gasteiger partial charge on any atom is 0.407 e. The number of hydrogen-bond acceptors (Lipinski definition) is 5. The van der Waals surface area contributed by atoms with Crippen molar-refractivity contribution in [1.29, 1.82) is 0 Å². The lowest BCUT2D eigenvalue weighted by atomic mass is 10.1. The maximum atomic E-state index is 12.4. The zero-order valence-electron chi connectivity index (χ0n) is 15.9. The van der Waals surface area contributed by atoms with Crippen LogP contribution in [0, 0.1) is 0 Å². The van der Waals surface area contributed by atoms with Crippen LogP contribution in [0.3, 0.4) is 0 Å². The Morgan fingerprint density at radius 2 is 1.93 bits per heavy atom. The number of carbonyl (C=O) groups excluding carboxylic acids is 2. The van der Waals surface area contributed by atoms with E-state index >= 15 is 0 Å². The smallest absolute Gasteiger partial charge is 0.407 e. The summed E-state index contributed by atoms with van der Waals surface area (Å²) in [6, 6.07) is 10.8. The van der Waals surface area contributed by atoms with E-state index in [9.17, 15) is 9.59 Å². The molecule has 0 aliphatic heterocycles. The summed E-state index contributed by atoms with van der Waals surface area (Å²) in [6.45, 7) is 5.75. The van der Waals surface area contributed by atoms with Gasteiger partial charge in [0.05, 0.1) is 11.4 Å². The van der Waals surface area contributed by atoms with Gasteiger partial charge in [-0.15, -0.1) is 11.3 Å². The Bertz CT molecular complexity index is 941. The molecule has 1 aromatic carbocycles. The molecule has 8 heteroatoms. The highest BCUT2D eigenvalue weighted by molar-refractivity contribution is 7.14. The standard InChI is InChI=1S/C20H22N4O3S/c1-20(2,3)27-19(26)22-11-13-6-8-14(9-7-13)17(25)24-18-23-16(12-28-18)15-5-4-10-21-15/h4-10,12,21H,11H2,1-3H3,(H,22,26)(H,23,24,25). The molecule has 2 amide bonds. The molecule has 0 spiro atoms. The molecule has 0 bridgehead atoms. The van der Waals surface area contributed by atoms with E-state index in [1.807, 2.05) is 44.5 Å². The molecule has 0 aliphatic carbocycles. The fourth-order valence-electron chi connectivity index (χ4n) is 2.38. The van der Waals surface area contributed by atoms with Crippen molar-refractivity contribution in [2.75, 3.05) is 5.32 Å². The number of hydrogen-bond donors (Lipinski definition) is 3. The average molecular weight is 398 g/mol. The molecule has 3 aromatic rings. The van der Waals surface area contributed by atoms with E-state index in [2.05, 4.69) is 20.6 Å². The third-order valence-corrected chi connectivity index (χ3v) is 4.41. The SMILES string of the molecule is CC(C)(C)OC(=O)NCc1ccc(C(=O)Nc2nc(-c3ccc[nH]3)cs2)cc1. The summed E-state index contributed by atoms with van der Waals surface area (Å²) in [5, 5.41) is 7.90. The molecule has 0 saturated carbocycles. The summed E-state index contributed by atoms with van der Waals surface area (Å²) in [7, 11) is 0. The van der Waals surface area contributed by atoms with Crippen molar-refractivity contribution in [1.82, 2.24) is 15.3 Å². The van der Waals surface area contributed by atoms with Crippen molar-refractivity contribution in [2.45, 2.75) is 32.9 Å². The van der Waals surface area contributed by atoms with Crippen LogP contribution in [0.5, 0.6) is 0 Å².